The topological polar surface area (TPSA) is 75.5 Å². The summed E-state index contributed by atoms with van der Waals surface area (Å²) in [6.07, 6.45) is 4.19. The van der Waals surface area contributed by atoms with Crippen LogP contribution in [-0.4, -0.2) is 46.0 Å². The van der Waals surface area contributed by atoms with Crippen LogP contribution in [0.1, 0.15) is 43.6 Å². The van der Waals surface area contributed by atoms with E-state index < -0.39 is 0 Å². The Balaban J connectivity index is 1.46. The van der Waals surface area contributed by atoms with E-state index in [1.165, 1.54) is 17.5 Å². The zero-order valence-corrected chi connectivity index (χ0v) is 20.3. The molecule has 5 rings (SSSR count). The molecule has 0 bridgehead atoms. The third-order valence-corrected chi connectivity index (χ3v) is 6.67. The van der Waals surface area contributed by atoms with Crippen LogP contribution < -0.4 is 10.3 Å². The SMILES string of the molecule is COc1ccc(/C=N/n2c(C)nc3c([nH]c4ccccc43)c2=O)cc1CN1CCCC(C)(C)C1. The number of aryl methyl sites for hydroxylation is 1. The van der Waals surface area contributed by atoms with Gasteiger partial charge in [0.25, 0.3) is 5.56 Å². The van der Waals surface area contributed by atoms with Crippen molar-refractivity contribution in [3.8, 4) is 5.75 Å². The van der Waals surface area contributed by atoms with E-state index in [-0.39, 0.29) is 5.56 Å². The minimum absolute atomic E-state index is 0.209. The second-order valence-corrected chi connectivity index (χ2v) is 9.96. The Hall–Kier alpha value is -3.45. The number of hydrogen-bond acceptors (Lipinski definition) is 5. The van der Waals surface area contributed by atoms with Crippen LogP contribution in [0.3, 0.4) is 0 Å². The molecule has 0 spiro atoms. The van der Waals surface area contributed by atoms with Gasteiger partial charge in [-0.2, -0.15) is 9.78 Å². The molecule has 0 saturated carbocycles. The van der Waals surface area contributed by atoms with Crippen molar-refractivity contribution in [2.75, 3.05) is 20.2 Å². The van der Waals surface area contributed by atoms with Crippen LogP contribution in [0.4, 0.5) is 0 Å². The molecule has 1 saturated heterocycles. The molecule has 7 heteroatoms. The Kier molecular flexibility index (Phi) is 5.73. The molecule has 1 fully saturated rings. The molecular formula is C27H31N5O2. The molecule has 2 aromatic carbocycles. The highest BCUT2D eigenvalue weighted by Gasteiger charge is 2.26. The number of benzene rings is 2. The van der Waals surface area contributed by atoms with Gasteiger partial charge in [0, 0.05) is 29.6 Å². The Labute approximate surface area is 199 Å². The molecular weight excluding hydrogens is 426 g/mol. The summed E-state index contributed by atoms with van der Waals surface area (Å²) in [5.41, 5.74) is 4.20. The maximum Gasteiger partial charge on any atom is 0.298 e. The predicted octanol–water partition coefficient (Wildman–Crippen LogP) is 4.70. The molecule has 0 unspecified atom stereocenters. The molecule has 0 amide bonds. The van der Waals surface area contributed by atoms with E-state index in [9.17, 15) is 4.79 Å². The quantitative estimate of drug-likeness (QED) is 0.441. The van der Waals surface area contributed by atoms with Crippen LogP contribution in [-0.2, 0) is 6.54 Å². The Bertz CT molecular complexity index is 1450. The number of nitrogens with zero attached hydrogens (tertiary/aromatic N) is 4. The van der Waals surface area contributed by atoms with Gasteiger partial charge in [0.05, 0.1) is 13.3 Å². The number of H-pyrrole nitrogens is 1. The average Bonchev–Trinajstić information content (AvgIpc) is 3.17. The summed E-state index contributed by atoms with van der Waals surface area (Å²) >= 11 is 0. The lowest BCUT2D eigenvalue weighted by Crippen LogP contribution is -2.39. The first kappa shape index (κ1) is 22.3. The van der Waals surface area contributed by atoms with E-state index in [0.29, 0.717) is 22.3 Å². The molecule has 0 aliphatic carbocycles. The highest BCUT2D eigenvalue weighted by Crippen LogP contribution is 2.31. The van der Waals surface area contributed by atoms with Gasteiger partial charge in [-0.3, -0.25) is 9.69 Å². The Morgan fingerprint density at radius 3 is 2.85 bits per heavy atom. The van der Waals surface area contributed by atoms with Crippen molar-refractivity contribution in [1.82, 2.24) is 19.5 Å². The van der Waals surface area contributed by atoms with Gasteiger partial charge < -0.3 is 9.72 Å². The lowest BCUT2D eigenvalue weighted by atomic mass is 9.84. The highest BCUT2D eigenvalue weighted by atomic mass is 16.5. The molecule has 3 heterocycles. The average molecular weight is 458 g/mol. The van der Waals surface area contributed by atoms with Crippen LogP contribution >= 0.6 is 0 Å². The number of nitrogens with one attached hydrogen (secondary N) is 1. The van der Waals surface area contributed by atoms with Gasteiger partial charge in [-0.05, 0) is 61.6 Å². The monoisotopic (exact) mass is 457 g/mol. The second kappa shape index (κ2) is 8.72. The largest absolute Gasteiger partial charge is 0.496 e. The molecule has 1 aliphatic rings. The maximum atomic E-state index is 13.2. The third kappa shape index (κ3) is 4.23. The number of methoxy groups -OCH3 is 1. The van der Waals surface area contributed by atoms with Crippen molar-refractivity contribution in [3.05, 3.63) is 69.8 Å². The summed E-state index contributed by atoms with van der Waals surface area (Å²) in [6.45, 7) is 9.46. The fourth-order valence-corrected chi connectivity index (χ4v) is 5.04. The van der Waals surface area contributed by atoms with E-state index >= 15 is 0 Å². The lowest BCUT2D eigenvalue weighted by molar-refractivity contribution is 0.111. The molecule has 34 heavy (non-hydrogen) atoms. The molecule has 176 valence electrons. The van der Waals surface area contributed by atoms with Gasteiger partial charge in [0.1, 0.15) is 22.6 Å². The Morgan fingerprint density at radius 1 is 1.24 bits per heavy atom. The fourth-order valence-electron chi connectivity index (χ4n) is 5.04. The summed E-state index contributed by atoms with van der Waals surface area (Å²) < 4.78 is 6.99. The normalized spacial score (nSPS) is 16.6. The van der Waals surface area contributed by atoms with Crippen LogP contribution in [0, 0.1) is 12.3 Å². The molecule has 1 aliphatic heterocycles. The first-order chi connectivity index (χ1) is 16.3. The first-order valence-electron chi connectivity index (χ1n) is 11.8. The molecule has 0 radical (unpaired) electrons. The van der Waals surface area contributed by atoms with Crippen molar-refractivity contribution in [1.29, 1.82) is 0 Å². The summed E-state index contributed by atoms with van der Waals surface area (Å²) in [7, 11) is 1.71. The Morgan fingerprint density at radius 2 is 2.06 bits per heavy atom. The number of aromatic nitrogens is 3. The van der Waals surface area contributed by atoms with Gasteiger partial charge in [0.2, 0.25) is 0 Å². The van der Waals surface area contributed by atoms with Crippen molar-refractivity contribution in [2.45, 2.75) is 40.2 Å². The van der Waals surface area contributed by atoms with E-state index in [2.05, 4.69) is 39.9 Å². The van der Waals surface area contributed by atoms with Gasteiger partial charge in [-0.25, -0.2) is 4.98 Å². The maximum absolute atomic E-state index is 13.2. The van der Waals surface area contributed by atoms with E-state index in [0.717, 1.165) is 47.4 Å². The van der Waals surface area contributed by atoms with Crippen molar-refractivity contribution in [3.63, 3.8) is 0 Å². The molecule has 4 aromatic rings. The zero-order valence-electron chi connectivity index (χ0n) is 20.3. The zero-order chi connectivity index (χ0) is 23.9. The standard InChI is InChI=1S/C27H31N5O2/c1-18-29-24-21-8-5-6-9-22(21)30-25(24)26(33)32(18)28-15-19-10-11-23(34-4)20(14-19)16-31-13-7-12-27(2,3)17-31/h5-6,8-11,14-15,30H,7,12-13,16-17H2,1-4H3/b28-15+. The minimum Gasteiger partial charge on any atom is -0.496 e. The lowest BCUT2D eigenvalue weighted by Gasteiger charge is -2.38. The molecule has 0 atom stereocenters. The molecule has 2 aromatic heterocycles. The smallest absolute Gasteiger partial charge is 0.298 e. The van der Waals surface area contributed by atoms with Crippen molar-refractivity contribution in [2.24, 2.45) is 10.5 Å². The number of ether oxygens (including phenoxy) is 1. The van der Waals surface area contributed by atoms with E-state index in [1.54, 1.807) is 20.2 Å². The first-order valence-corrected chi connectivity index (χ1v) is 11.8. The summed E-state index contributed by atoms with van der Waals surface area (Å²) in [4.78, 5) is 23.5. The van der Waals surface area contributed by atoms with Crippen LogP contribution in [0.2, 0.25) is 0 Å². The minimum atomic E-state index is -0.209. The summed E-state index contributed by atoms with van der Waals surface area (Å²) in [5.74, 6) is 1.41. The number of rotatable bonds is 5. The number of para-hydroxylation sites is 1. The van der Waals surface area contributed by atoms with Crippen LogP contribution in [0.15, 0.2) is 52.4 Å². The van der Waals surface area contributed by atoms with Gasteiger partial charge >= 0.3 is 0 Å². The summed E-state index contributed by atoms with van der Waals surface area (Å²) in [6, 6.07) is 13.8. The number of piperidine rings is 1. The number of likely N-dealkylation sites (tertiary alicyclic amines) is 1. The van der Waals surface area contributed by atoms with Crippen molar-refractivity contribution >= 4 is 28.2 Å². The van der Waals surface area contributed by atoms with E-state index in [4.69, 9.17) is 4.74 Å². The number of fused-ring (bicyclic) bond motifs is 3. The van der Waals surface area contributed by atoms with Crippen LogP contribution in [0.25, 0.3) is 21.9 Å². The third-order valence-electron chi connectivity index (χ3n) is 6.67. The number of hydrogen-bond donors (Lipinski definition) is 1. The molecule has 1 N–H and O–H groups in total. The number of aromatic amines is 1. The summed E-state index contributed by atoms with van der Waals surface area (Å²) in [5, 5.41) is 5.44. The van der Waals surface area contributed by atoms with Gasteiger partial charge in [-0.1, -0.05) is 32.0 Å². The predicted molar refractivity (Wildman–Crippen MR) is 137 cm³/mol. The van der Waals surface area contributed by atoms with Crippen LogP contribution in [0.5, 0.6) is 5.75 Å². The second-order valence-electron chi connectivity index (χ2n) is 9.96. The van der Waals surface area contributed by atoms with E-state index in [1.807, 2.05) is 36.4 Å². The van der Waals surface area contributed by atoms with Gasteiger partial charge in [0.15, 0.2) is 0 Å². The fraction of sp³-hybridized carbons (Fsp3) is 0.370. The highest BCUT2D eigenvalue weighted by molar-refractivity contribution is 6.04. The molecule has 7 nitrogen and oxygen atoms in total. The van der Waals surface area contributed by atoms with Crippen molar-refractivity contribution < 1.29 is 4.74 Å². The van der Waals surface area contributed by atoms with Gasteiger partial charge in [-0.15, -0.1) is 0 Å².